The lowest BCUT2D eigenvalue weighted by Crippen LogP contribution is -2.44. The predicted octanol–water partition coefficient (Wildman–Crippen LogP) is 3.24. The molecule has 0 saturated heterocycles. The molecule has 4 amide bonds. The maximum atomic E-state index is 12.5. The van der Waals surface area contributed by atoms with Crippen LogP contribution in [0.3, 0.4) is 0 Å². The van der Waals surface area contributed by atoms with E-state index in [4.69, 9.17) is 10.8 Å². The zero-order chi connectivity index (χ0) is 37.7. The average Bonchev–Trinajstić information content (AvgIpc) is 3.02. The molecule has 0 aromatic carbocycles. The second-order valence-corrected chi connectivity index (χ2v) is 12.7. The summed E-state index contributed by atoms with van der Waals surface area (Å²) in [7, 11) is 0. The van der Waals surface area contributed by atoms with Crippen LogP contribution in [0.15, 0.2) is 0 Å². The highest BCUT2D eigenvalue weighted by Crippen LogP contribution is 2.14. The van der Waals surface area contributed by atoms with E-state index >= 15 is 0 Å². The van der Waals surface area contributed by atoms with Crippen LogP contribution in [0.1, 0.15) is 148 Å². The lowest BCUT2D eigenvalue weighted by molar-refractivity contribution is -0.143. The number of unbranched alkanes of at least 4 members (excludes halogenated alkanes) is 13. The molecular weight excluding hydrogens is 656 g/mol. The number of carboxylic acids is 4. The fourth-order valence-electron chi connectivity index (χ4n) is 5.33. The van der Waals surface area contributed by atoms with Gasteiger partial charge in [0.25, 0.3) is 0 Å². The highest BCUT2D eigenvalue weighted by Gasteiger charge is 2.25. The normalized spacial score (nSPS) is 12.6. The molecule has 0 heterocycles. The maximum absolute atomic E-state index is 12.5. The van der Waals surface area contributed by atoms with E-state index < -0.39 is 72.6 Å². The number of carboxylic acid groups (broad SMARTS) is 4. The number of rotatable bonds is 33. The molecule has 0 aliphatic carbocycles. The van der Waals surface area contributed by atoms with E-state index in [0.717, 1.165) is 51.4 Å². The quantitative estimate of drug-likeness (QED) is 0.0455. The molecule has 0 aliphatic heterocycles. The second-order valence-electron chi connectivity index (χ2n) is 12.7. The first-order chi connectivity index (χ1) is 23.7. The Morgan fingerprint density at radius 2 is 0.780 bits per heavy atom. The smallest absolute Gasteiger partial charge is 0.326 e. The summed E-state index contributed by atoms with van der Waals surface area (Å²) in [6, 6.07) is -3.72. The first-order valence-corrected chi connectivity index (χ1v) is 17.8. The van der Waals surface area contributed by atoms with E-state index in [1.54, 1.807) is 0 Å². The Morgan fingerprint density at radius 3 is 1.16 bits per heavy atom. The molecule has 0 saturated carbocycles. The SMILES string of the molecule is NC(=O)CC[C@H](NC(=O)CC[C@H](NC(=O)CC[C@@H](CC(=O)O)NC(=O)CCCCCCCCCCCCCCCCC(=O)O)C(=O)O)C(=O)O. The Hall–Kier alpha value is -4.24. The minimum absolute atomic E-state index is 0.0519. The molecule has 0 spiro atoms. The zero-order valence-electron chi connectivity index (χ0n) is 29.1. The van der Waals surface area contributed by atoms with Gasteiger partial charge in [0.15, 0.2) is 0 Å². The summed E-state index contributed by atoms with van der Waals surface area (Å²) in [5.74, 6) is -7.33. The van der Waals surface area contributed by atoms with Crippen LogP contribution in [-0.2, 0) is 38.4 Å². The first-order valence-electron chi connectivity index (χ1n) is 17.8. The van der Waals surface area contributed by atoms with Crippen molar-refractivity contribution in [2.24, 2.45) is 5.73 Å². The number of aliphatic carboxylic acids is 4. The minimum atomic E-state index is -1.48. The van der Waals surface area contributed by atoms with E-state index in [-0.39, 0.29) is 50.9 Å². The maximum Gasteiger partial charge on any atom is 0.326 e. The van der Waals surface area contributed by atoms with Crippen molar-refractivity contribution in [1.29, 1.82) is 0 Å². The van der Waals surface area contributed by atoms with Gasteiger partial charge in [-0.1, -0.05) is 77.0 Å². The highest BCUT2D eigenvalue weighted by molar-refractivity contribution is 5.86. The molecule has 16 nitrogen and oxygen atoms in total. The molecule has 0 radical (unpaired) electrons. The van der Waals surface area contributed by atoms with Crippen LogP contribution in [0.2, 0.25) is 0 Å². The fourth-order valence-corrected chi connectivity index (χ4v) is 5.33. The van der Waals surface area contributed by atoms with Gasteiger partial charge in [-0.2, -0.15) is 0 Å². The van der Waals surface area contributed by atoms with Crippen LogP contribution in [0.4, 0.5) is 0 Å². The summed E-state index contributed by atoms with van der Waals surface area (Å²) in [5.41, 5.74) is 5.00. The van der Waals surface area contributed by atoms with Crippen molar-refractivity contribution in [3.63, 3.8) is 0 Å². The van der Waals surface area contributed by atoms with Gasteiger partial charge >= 0.3 is 23.9 Å². The summed E-state index contributed by atoms with van der Waals surface area (Å²) < 4.78 is 0. The largest absolute Gasteiger partial charge is 0.481 e. The molecule has 0 aromatic heterocycles. The van der Waals surface area contributed by atoms with Crippen molar-refractivity contribution >= 4 is 47.5 Å². The number of carbonyl (C=O) groups is 8. The average molecular weight is 715 g/mol. The van der Waals surface area contributed by atoms with E-state index in [2.05, 4.69) is 16.0 Å². The molecule has 3 atom stereocenters. The Morgan fingerprint density at radius 1 is 0.420 bits per heavy atom. The highest BCUT2D eigenvalue weighted by atomic mass is 16.4. The van der Waals surface area contributed by atoms with Crippen LogP contribution >= 0.6 is 0 Å². The van der Waals surface area contributed by atoms with Crippen molar-refractivity contribution in [3.8, 4) is 0 Å². The van der Waals surface area contributed by atoms with Crippen LogP contribution < -0.4 is 21.7 Å². The second kappa shape index (κ2) is 28.6. The van der Waals surface area contributed by atoms with Gasteiger partial charge < -0.3 is 42.1 Å². The lowest BCUT2D eigenvalue weighted by atomic mass is 10.0. The molecule has 0 aromatic rings. The summed E-state index contributed by atoms with van der Waals surface area (Å²) >= 11 is 0. The minimum Gasteiger partial charge on any atom is -0.481 e. The molecule has 9 N–H and O–H groups in total. The summed E-state index contributed by atoms with van der Waals surface area (Å²) in [4.78, 5) is 92.7. The van der Waals surface area contributed by atoms with Gasteiger partial charge in [0.05, 0.1) is 6.42 Å². The third kappa shape index (κ3) is 27.7. The number of nitrogens with two attached hydrogens (primary N) is 1. The third-order valence-electron chi connectivity index (χ3n) is 8.16. The van der Waals surface area contributed by atoms with E-state index in [0.29, 0.717) is 6.42 Å². The summed E-state index contributed by atoms with van der Waals surface area (Å²) in [6.07, 6.45) is 13.0. The van der Waals surface area contributed by atoms with Crippen molar-refractivity contribution in [2.75, 3.05) is 0 Å². The van der Waals surface area contributed by atoms with Gasteiger partial charge in [0.1, 0.15) is 12.1 Å². The van der Waals surface area contributed by atoms with Crippen LogP contribution in [0, 0.1) is 0 Å². The van der Waals surface area contributed by atoms with Crippen LogP contribution in [0.25, 0.3) is 0 Å². The standard InChI is InChI=1S/C34H58N4O12/c35-27(39)20-18-25(33(47)48)37-30(42)22-19-26(34(49)50)38-29(41)21-17-24(23-32(45)46)36-28(40)15-13-11-9-7-5-3-1-2-4-6-8-10-12-14-16-31(43)44/h24-26H,1-23H2,(H2,35,39)(H,36,40)(H,37,42)(H,38,41)(H,43,44)(H,45,46)(H,47,48)(H,49,50)/t24-,25-,26-/m0/s1. The van der Waals surface area contributed by atoms with Crippen molar-refractivity contribution in [3.05, 3.63) is 0 Å². The molecule has 0 rings (SSSR count). The number of amides is 4. The van der Waals surface area contributed by atoms with Crippen molar-refractivity contribution in [1.82, 2.24) is 16.0 Å². The van der Waals surface area contributed by atoms with Gasteiger partial charge in [0, 0.05) is 38.1 Å². The van der Waals surface area contributed by atoms with Crippen molar-refractivity contribution in [2.45, 2.75) is 166 Å². The Kier molecular flexibility index (Phi) is 26.2. The zero-order valence-corrected chi connectivity index (χ0v) is 29.1. The number of hydrogen-bond acceptors (Lipinski definition) is 8. The Balaban J connectivity index is 4.30. The first kappa shape index (κ1) is 45.8. The molecular formula is C34H58N4O12. The molecule has 0 aliphatic rings. The van der Waals surface area contributed by atoms with Gasteiger partial charge in [0.2, 0.25) is 23.6 Å². The monoisotopic (exact) mass is 714 g/mol. The van der Waals surface area contributed by atoms with Gasteiger partial charge in [-0.25, -0.2) is 9.59 Å². The van der Waals surface area contributed by atoms with Crippen LogP contribution in [0.5, 0.6) is 0 Å². The van der Waals surface area contributed by atoms with Crippen molar-refractivity contribution < 1.29 is 58.8 Å². The Bertz CT molecular complexity index is 1080. The molecule has 50 heavy (non-hydrogen) atoms. The summed E-state index contributed by atoms with van der Waals surface area (Å²) in [5, 5.41) is 43.6. The third-order valence-corrected chi connectivity index (χ3v) is 8.16. The Labute approximate surface area is 293 Å². The van der Waals surface area contributed by atoms with E-state index in [9.17, 15) is 53.7 Å². The van der Waals surface area contributed by atoms with Gasteiger partial charge in [-0.05, 0) is 32.1 Å². The fraction of sp³-hybridized carbons (Fsp3) is 0.765. The number of carbonyl (C=O) groups excluding carboxylic acids is 4. The molecule has 0 unspecified atom stereocenters. The summed E-state index contributed by atoms with van der Waals surface area (Å²) in [6.45, 7) is 0. The van der Waals surface area contributed by atoms with Gasteiger partial charge in [-0.3, -0.25) is 28.8 Å². The molecule has 286 valence electrons. The molecule has 0 bridgehead atoms. The lowest BCUT2D eigenvalue weighted by Gasteiger charge is -2.19. The number of hydrogen-bond donors (Lipinski definition) is 8. The molecule has 0 fully saturated rings. The number of nitrogens with one attached hydrogen (secondary N) is 3. The topological polar surface area (TPSA) is 280 Å². The van der Waals surface area contributed by atoms with E-state index in [1.807, 2.05) is 0 Å². The van der Waals surface area contributed by atoms with Gasteiger partial charge in [-0.15, -0.1) is 0 Å². The number of primary amides is 1. The molecule has 16 heteroatoms. The van der Waals surface area contributed by atoms with E-state index in [1.165, 1.54) is 32.1 Å². The predicted molar refractivity (Wildman–Crippen MR) is 182 cm³/mol. The van der Waals surface area contributed by atoms with Crippen LogP contribution in [-0.4, -0.2) is 86.1 Å².